The first-order valence-electron chi connectivity index (χ1n) is 5.66. The lowest BCUT2D eigenvalue weighted by atomic mass is 10.3. The molecule has 92 valence electrons. The Bertz CT molecular complexity index is 479. The van der Waals surface area contributed by atoms with Crippen LogP contribution in [0.3, 0.4) is 0 Å². The van der Waals surface area contributed by atoms with Crippen molar-refractivity contribution in [2.24, 2.45) is 0 Å². The highest BCUT2D eigenvalue weighted by Gasteiger charge is 2.11. The molecule has 2 rings (SSSR count). The largest absolute Gasteiger partial charge is 0.340 e. The second kappa shape index (κ2) is 5.37. The SMILES string of the molecule is CCc1cnc(C(C)NCc2noc(C)n2)s1. The van der Waals surface area contributed by atoms with E-state index in [1.165, 1.54) is 4.88 Å². The summed E-state index contributed by atoms with van der Waals surface area (Å²) in [5.41, 5.74) is 0. The molecule has 2 aromatic rings. The summed E-state index contributed by atoms with van der Waals surface area (Å²) < 4.78 is 4.91. The lowest BCUT2D eigenvalue weighted by Crippen LogP contribution is -2.18. The number of nitrogens with zero attached hydrogens (tertiary/aromatic N) is 3. The van der Waals surface area contributed by atoms with Gasteiger partial charge in [0, 0.05) is 18.0 Å². The van der Waals surface area contributed by atoms with Gasteiger partial charge in [0.05, 0.1) is 12.6 Å². The van der Waals surface area contributed by atoms with Crippen molar-refractivity contribution in [2.75, 3.05) is 0 Å². The predicted octanol–water partition coefficient (Wildman–Crippen LogP) is 2.25. The van der Waals surface area contributed by atoms with Crippen LogP contribution in [0.1, 0.15) is 41.5 Å². The Morgan fingerprint density at radius 3 is 2.94 bits per heavy atom. The Morgan fingerprint density at radius 2 is 2.35 bits per heavy atom. The molecule has 0 fully saturated rings. The minimum atomic E-state index is 0.208. The maximum atomic E-state index is 4.91. The zero-order chi connectivity index (χ0) is 12.3. The summed E-state index contributed by atoms with van der Waals surface area (Å²) in [7, 11) is 0. The predicted molar refractivity (Wildman–Crippen MR) is 65.8 cm³/mol. The smallest absolute Gasteiger partial charge is 0.223 e. The van der Waals surface area contributed by atoms with Crippen molar-refractivity contribution in [1.29, 1.82) is 0 Å². The van der Waals surface area contributed by atoms with Gasteiger partial charge in [-0.2, -0.15) is 4.98 Å². The second-order valence-electron chi connectivity index (χ2n) is 3.85. The van der Waals surface area contributed by atoms with E-state index >= 15 is 0 Å². The summed E-state index contributed by atoms with van der Waals surface area (Å²) >= 11 is 1.74. The van der Waals surface area contributed by atoms with E-state index in [-0.39, 0.29) is 6.04 Å². The topological polar surface area (TPSA) is 63.8 Å². The minimum Gasteiger partial charge on any atom is -0.340 e. The molecule has 17 heavy (non-hydrogen) atoms. The minimum absolute atomic E-state index is 0.208. The molecule has 0 aliphatic carbocycles. The van der Waals surface area contributed by atoms with Gasteiger partial charge in [0.15, 0.2) is 5.82 Å². The summed E-state index contributed by atoms with van der Waals surface area (Å²) in [6, 6.07) is 0.208. The molecule has 2 aromatic heterocycles. The van der Waals surface area contributed by atoms with Crippen LogP contribution in [0.15, 0.2) is 10.7 Å². The van der Waals surface area contributed by atoms with Gasteiger partial charge in [-0.15, -0.1) is 11.3 Å². The van der Waals surface area contributed by atoms with Crippen molar-refractivity contribution in [2.45, 2.75) is 39.8 Å². The third-order valence-corrected chi connectivity index (χ3v) is 3.75. The van der Waals surface area contributed by atoms with E-state index in [0.29, 0.717) is 18.3 Å². The molecule has 1 N–H and O–H groups in total. The first kappa shape index (κ1) is 12.2. The molecule has 6 heteroatoms. The number of hydrogen-bond acceptors (Lipinski definition) is 6. The normalized spacial score (nSPS) is 12.9. The Kier molecular flexibility index (Phi) is 3.86. The van der Waals surface area contributed by atoms with Crippen molar-refractivity contribution in [3.63, 3.8) is 0 Å². The first-order valence-corrected chi connectivity index (χ1v) is 6.48. The Morgan fingerprint density at radius 1 is 1.53 bits per heavy atom. The lowest BCUT2D eigenvalue weighted by molar-refractivity contribution is 0.384. The van der Waals surface area contributed by atoms with Crippen LogP contribution in [0.5, 0.6) is 0 Å². The molecule has 0 radical (unpaired) electrons. The molecule has 0 aromatic carbocycles. The highest BCUT2D eigenvalue weighted by atomic mass is 32.1. The summed E-state index contributed by atoms with van der Waals surface area (Å²) in [6.07, 6.45) is 2.98. The van der Waals surface area contributed by atoms with Gasteiger partial charge in [0.2, 0.25) is 5.89 Å². The molecule has 1 unspecified atom stereocenters. The van der Waals surface area contributed by atoms with E-state index in [1.807, 2.05) is 6.20 Å². The van der Waals surface area contributed by atoms with Crippen LogP contribution in [0.4, 0.5) is 0 Å². The van der Waals surface area contributed by atoms with Crippen LogP contribution < -0.4 is 5.32 Å². The van der Waals surface area contributed by atoms with Crippen LogP contribution in [0, 0.1) is 6.92 Å². The second-order valence-corrected chi connectivity index (χ2v) is 5.00. The Hall–Kier alpha value is -1.27. The van der Waals surface area contributed by atoms with Crippen molar-refractivity contribution >= 4 is 11.3 Å². The molecular formula is C11H16N4OS. The van der Waals surface area contributed by atoms with Gasteiger partial charge in [0.1, 0.15) is 5.01 Å². The zero-order valence-electron chi connectivity index (χ0n) is 10.2. The van der Waals surface area contributed by atoms with E-state index in [4.69, 9.17) is 4.52 Å². The van der Waals surface area contributed by atoms with E-state index in [9.17, 15) is 0 Å². The molecule has 5 nitrogen and oxygen atoms in total. The molecule has 2 heterocycles. The van der Waals surface area contributed by atoms with E-state index in [1.54, 1.807) is 18.3 Å². The molecule has 0 saturated carbocycles. The number of nitrogens with one attached hydrogen (secondary N) is 1. The van der Waals surface area contributed by atoms with Crippen LogP contribution in [-0.4, -0.2) is 15.1 Å². The monoisotopic (exact) mass is 252 g/mol. The number of aromatic nitrogens is 3. The van der Waals surface area contributed by atoms with Gasteiger partial charge in [-0.25, -0.2) is 4.98 Å². The molecule has 0 aliphatic rings. The van der Waals surface area contributed by atoms with Crippen LogP contribution in [0.25, 0.3) is 0 Å². The fourth-order valence-electron chi connectivity index (χ4n) is 1.43. The maximum Gasteiger partial charge on any atom is 0.223 e. The van der Waals surface area contributed by atoms with Gasteiger partial charge in [0.25, 0.3) is 0 Å². The zero-order valence-corrected chi connectivity index (χ0v) is 11.0. The standard InChI is InChI=1S/C11H16N4OS/c1-4-9-5-13-11(17-9)7(2)12-6-10-14-8(3)16-15-10/h5,7,12H,4,6H2,1-3H3. The highest BCUT2D eigenvalue weighted by Crippen LogP contribution is 2.20. The average Bonchev–Trinajstić information content (AvgIpc) is 2.94. The van der Waals surface area contributed by atoms with Crippen LogP contribution in [-0.2, 0) is 13.0 Å². The number of aryl methyl sites for hydroxylation is 2. The summed E-state index contributed by atoms with van der Waals surface area (Å²) in [4.78, 5) is 9.85. The van der Waals surface area contributed by atoms with Gasteiger partial charge in [-0.05, 0) is 13.3 Å². The molecule has 0 aliphatic heterocycles. The van der Waals surface area contributed by atoms with Gasteiger partial charge >= 0.3 is 0 Å². The molecule has 0 spiro atoms. The van der Waals surface area contributed by atoms with Crippen LogP contribution >= 0.6 is 11.3 Å². The first-order chi connectivity index (χ1) is 8.19. The highest BCUT2D eigenvalue weighted by molar-refractivity contribution is 7.11. The Balaban J connectivity index is 1.90. The maximum absolute atomic E-state index is 4.91. The van der Waals surface area contributed by atoms with Crippen LogP contribution in [0.2, 0.25) is 0 Å². The van der Waals surface area contributed by atoms with E-state index < -0.39 is 0 Å². The van der Waals surface area contributed by atoms with E-state index in [0.717, 1.165) is 11.4 Å². The number of hydrogen-bond donors (Lipinski definition) is 1. The lowest BCUT2D eigenvalue weighted by Gasteiger charge is -2.08. The van der Waals surface area contributed by atoms with Crippen molar-refractivity contribution < 1.29 is 4.52 Å². The van der Waals surface area contributed by atoms with Crippen molar-refractivity contribution in [3.8, 4) is 0 Å². The Labute approximate surface area is 104 Å². The fraction of sp³-hybridized carbons (Fsp3) is 0.545. The molecule has 0 amide bonds. The molecule has 0 bridgehead atoms. The summed E-state index contributed by atoms with van der Waals surface area (Å²) in [5.74, 6) is 1.28. The van der Waals surface area contributed by atoms with Gasteiger partial charge in [-0.1, -0.05) is 12.1 Å². The fourth-order valence-corrected chi connectivity index (χ4v) is 2.31. The van der Waals surface area contributed by atoms with Gasteiger partial charge < -0.3 is 9.84 Å². The third-order valence-electron chi connectivity index (χ3n) is 2.43. The summed E-state index contributed by atoms with van der Waals surface area (Å²) in [6.45, 7) is 6.61. The number of thiazole rings is 1. The third kappa shape index (κ3) is 3.10. The van der Waals surface area contributed by atoms with Gasteiger partial charge in [-0.3, -0.25) is 0 Å². The van der Waals surface area contributed by atoms with Crippen molar-refractivity contribution in [3.05, 3.63) is 27.8 Å². The molecular weight excluding hydrogens is 236 g/mol. The quantitative estimate of drug-likeness (QED) is 0.884. The van der Waals surface area contributed by atoms with E-state index in [2.05, 4.69) is 34.3 Å². The summed E-state index contributed by atoms with van der Waals surface area (Å²) in [5, 5.41) is 8.27. The number of rotatable bonds is 5. The average molecular weight is 252 g/mol. The van der Waals surface area contributed by atoms with Crippen molar-refractivity contribution in [1.82, 2.24) is 20.4 Å². The molecule has 0 saturated heterocycles. The molecule has 1 atom stereocenters.